The van der Waals surface area contributed by atoms with Gasteiger partial charge in [0.25, 0.3) is 0 Å². The Morgan fingerprint density at radius 3 is 1.12 bits per heavy atom. The van der Waals surface area contributed by atoms with Crippen LogP contribution in [-0.4, -0.2) is 73.6 Å². The Bertz CT molecular complexity index is 4250. The lowest BCUT2D eigenvalue weighted by atomic mass is 10.0. The molecule has 9 aromatic heterocycles. The summed E-state index contributed by atoms with van der Waals surface area (Å²) in [6.07, 6.45) is 5.84. The van der Waals surface area contributed by atoms with E-state index in [1.165, 1.54) is 5.56 Å². The van der Waals surface area contributed by atoms with Crippen molar-refractivity contribution >= 4 is 46.1 Å². The molecule has 0 spiro atoms. The van der Waals surface area contributed by atoms with Gasteiger partial charge in [0, 0.05) is 58.0 Å². The zero-order valence-corrected chi connectivity index (χ0v) is 48.2. The number of aryl methyl sites for hydroxylation is 6. The van der Waals surface area contributed by atoms with Crippen LogP contribution < -0.4 is 16.0 Å². The van der Waals surface area contributed by atoms with Gasteiger partial charge in [-0.2, -0.15) is 0 Å². The van der Waals surface area contributed by atoms with Crippen molar-refractivity contribution in [2.45, 2.75) is 61.4 Å². The smallest absolute Gasteiger partial charge is 0.322 e. The zero-order valence-electron chi connectivity index (χ0n) is 48.2. The van der Waals surface area contributed by atoms with E-state index < -0.39 is 5.97 Å². The number of aromatic nitrogens is 9. The van der Waals surface area contributed by atoms with Crippen LogP contribution in [0.5, 0.6) is 0 Å². The number of pyridine rings is 3. The molecule has 18 heteroatoms. The summed E-state index contributed by atoms with van der Waals surface area (Å²) in [6, 6.07) is 52.6. The van der Waals surface area contributed by atoms with Crippen molar-refractivity contribution in [3.05, 3.63) is 216 Å². The molecule has 13 rings (SSSR count). The van der Waals surface area contributed by atoms with Crippen LogP contribution in [0.25, 0.3) is 84.1 Å². The Kier molecular flexibility index (Phi) is 16.0. The number of aliphatic carboxylic acids is 1. The highest BCUT2D eigenvalue weighted by molar-refractivity contribution is 5.85. The number of carboxylic acids is 1. The Hall–Kier alpha value is -10.9. The van der Waals surface area contributed by atoms with Gasteiger partial charge in [-0.1, -0.05) is 137 Å². The van der Waals surface area contributed by atoms with Crippen LogP contribution in [0, 0.1) is 41.5 Å². The van der Waals surface area contributed by atoms with Gasteiger partial charge in [-0.15, -0.1) is 0 Å². The minimum Gasteiger partial charge on any atom is -0.480 e. The zero-order chi connectivity index (χ0) is 59.3. The highest BCUT2D eigenvalue weighted by atomic mass is 16.5. The number of anilines is 3. The van der Waals surface area contributed by atoms with Gasteiger partial charge in [-0.3, -0.25) is 22.8 Å². The molecule has 85 heavy (non-hydrogen) atoms. The van der Waals surface area contributed by atoms with E-state index in [9.17, 15) is 9.59 Å². The summed E-state index contributed by atoms with van der Waals surface area (Å²) >= 11 is 0. The lowest BCUT2D eigenvalue weighted by Crippen LogP contribution is -2.14. The van der Waals surface area contributed by atoms with E-state index in [0.717, 1.165) is 124 Å². The van der Waals surface area contributed by atoms with E-state index >= 15 is 0 Å². The predicted molar refractivity (Wildman–Crippen MR) is 331 cm³/mol. The molecule has 18 nitrogen and oxygen atoms in total. The molecule has 0 aliphatic carbocycles. The van der Waals surface area contributed by atoms with E-state index in [1.54, 1.807) is 6.92 Å². The first kappa shape index (κ1) is 56.0. The maximum atomic E-state index is 11.5. The fourth-order valence-corrected chi connectivity index (χ4v) is 10.5. The summed E-state index contributed by atoms with van der Waals surface area (Å²) in [5.74, 6) is 3.99. The van der Waals surface area contributed by atoms with Crippen molar-refractivity contribution < 1.29 is 28.3 Å². The second kappa shape index (κ2) is 24.3. The van der Waals surface area contributed by atoms with Gasteiger partial charge in [0.05, 0.1) is 23.6 Å². The lowest BCUT2D eigenvalue weighted by Gasteiger charge is -2.17. The number of carbonyl (C=O) groups is 2. The molecule has 1 atom stereocenters. The molecule has 0 saturated carbocycles. The number of hydrogen-bond acceptors (Lipinski definition) is 14. The minimum absolute atomic E-state index is 0.0700. The van der Waals surface area contributed by atoms with Crippen molar-refractivity contribution in [1.29, 1.82) is 0 Å². The van der Waals surface area contributed by atoms with Crippen molar-refractivity contribution in [1.82, 2.24) is 43.6 Å². The van der Waals surface area contributed by atoms with E-state index in [4.69, 9.17) is 28.6 Å². The molecule has 13 aromatic rings. The Labute approximate surface area is 489 Å². The number of benzene rings is 4. The van der Waals surface area contributed by atoms with Crippen LogP contribution in [0.3, 0.4) is 0 Å². The molecule has 0 aliphatic heterocycles. The molecular formula is C67H62N12O6. The van der Waals surface area contributed by atoms with Crippen molar-refractivity contribution in [2.24, 2.45) is 0 Å². The molecule has 0 saturated heterocycles. The molecule has 0 radical (unpaired) electrons. The second-order valence-electron chi connectivity index (χ2n) is 20.6. The van der Waals surface area contributed by atoms with Crippen molar-refractivity contribution in [3.63, 3.8) is 0 Å². The van der Waals surface area contributed by atoms with Gasteiger partial charge in [-0.25, -0.2) is 15.0 Å². The number of carbonyl (C=O) groups excluding carboxylic acids is 1. The number of rotatable bonds is 15. The number of fused-ring (bicyclic) bond motifs is 3. The van der Waals surface area contributed by atoms with Gasteiger partial charge in [-0.05, 0) is 114 Å². The maximum Gasteiger partial charge on any atom is 0.322 e. The van der Waals surface area contributed by atoms with E-state index in [2.05, 4.69) is 96.3 Å². The predicted octanol–water partition coefficient (Wildman–Crippen LogP) is 14.5. The third-order valence-electron chi connectivity index (χ3n) is 14.6. The summed E-state index contributed by atoms with van der Waals surface area (Å²) in [6.45, 7) is 15.4. The third-order valence-corrected chi connectivity index (χ3v) is 14.6. The molecular weight excluding hydrogens is 1070 g/mol. The Morgan fingerprint density at radius 1 is 0.447 bits per heavy atom. The van der Waals surface area contributed by atoms with Gasteiger partial charge in [0.2, 0.25) is 0 Å². The Balaban J connectivity index is 0.000000133. The van der Waals surface area contributed by atoms with E-state index in [1.807, 2.05) is 178 Å². The topological polar surface area (TPSA) is 220 Å². The first-order valence-electron chi connectivity index (χ1n) is 27.7. The summed E-state index contributed by atoms with van der Waals surface area (Å²) in [4.78, 5) is 36.8. The van der Waals surface area contributed by atoms with Crippen LogP contribution in [0.4, 0.5) is 17.5 Å². The molecule has 9 heterocycles. The average Bonchev–Trinajstić information content (AvgIpc) is 4.09. The number of ketones is 1. The van der Waals surface area contributed by atoms with Crippen LogP contribution >= 0.6 is 0 Å². The second-order valence-corrected chi connectivity index (χ2v) is 20.6. The summed E-state index contributed by atoms with van der Waals surface area (Å²) in [7, 11) is 0. The van der Waals surface area contributed by atoms with Crippen LogP contribution in [0.1, 0.15) is 59.8 Å². The molecule has 0 amide bonds. The van der Waals surface area contributed by atoms with Gasteiger partial charge in [0.1, 0.15) is 81.1 Å². The number of hydrogen-bond donors (Lipinski definition) is 4. The number of Topliss-reactive ketones (excluding diaryl/α,β-unsaturated/α-hetero) is 1. The fraction of sp³-hybridized carbons (Fsp3) is 0.164. The summed E-state index contributed by atoms with van der Waals surface area (Å²) < 4.78 is 21.8. The molecule has 0 unspecified atom stereocenters. The molecule has 426 valence electrons. The quantitative estimate of drug-likeness (QED) is 0.0750. The molecule has 0 aliphatic rings. The third kappa shape index (κ3) is 11.8. The first-order chi connectivity index (χ1) is 41.2. The fourth-order valence-electron chi connectivity index (χ4n) is 10.5. The summed E-state index contributed by atoms with van der Waals surface area (Å²) in [5, 5.41) is 31.0. The van der Waals surface area contributed by atoms with Crippen molar-refractivity contribution in [3.8, 4) is 67.2 Å². The van der Waals surface area contributed by atoms with Crippen LogP contribution in [0.2, 0.25) is 0 Å². The highest BCUT2D eigenvalue weighted by Crippen LogP contribution is 2.37. The molecule has 0 fully saturated rings. The standard InChI is InChI=1S/C26H24N4O.C21H20N4O2.C20H18N4O3/c1-17(20-9-5-4-6-10-20)27-26-25(28-23-11-7-8-16-30(23)26)22-14-12-21(13-15-22)24-18(2)29-31-19(24)3;1-13(26)12-22-21-20(23-18-6-4-5-11-25(18)21)17-9-7-16(8-10-17)19-14(2)24-27-15(19)3;1-12-18(13(2)27-23-12)14-6-8-15(9-7-14)19-20(21-11-17(25)26)24-10-4-3-5-16(24)22-19/h4-17,27H,1-3H3;4-11,22H,12H2,1-3H3;3-10,21H,11H2,1-2H3,(H,25,26)/t17-;;/m0../s1. The maximum absolute atomic E-state index is 11.5. The van der Waals surface area contributed by atoms with Gasteiger partial charge < -0.3 is 34.6 Å². The number of imidazole rings is 3. The van der Waals surface area contributed by atoms with Crippen LogP contribution in [-0.2, 0) is 9.59 Å². The molecule has 4 N–H and O–H groups in total. The average molecular weight is 1130 g/mol. The lowest BCUT2D eigenvalue weighted by molar-refractivity contribution is -0.135. The first-order valence-corrected chi connectivity index (χ1v) is 27.7. The van der Waals surface area contributed by atoms with Crippen LogP contribution in [0.15, 0.2) is 190 Å². The van der Waals surface area contributed by atoms with Gasteiger partial charge >= 0.3 is 5.97 Å². The molecule has 0 bridgehead atoms. The summed E-state index contributed by atoms with van der Waals surface area (Å²) in [5.41, 5.74) is 17.9. The SMILES string of the molecule is CC(=O)CNc1c(-c2ccc(-c3c(C)noc3C)cc2)nc2ccccn12.Cc1noc(C)c1-c1ccc(-c2nc3ccccn3c2NCC(=O)O)cc1.Cc1noc(C)c1-c1ccc(-c2nc3ccccn3c2N[C@@H](C)c2ccccc2)cc1. The minimum atomic E-state index is -0.930. The number of nitrogens with one attached hydrogen (secondary N) is 3. The number of nitrogens with zero attached hydrogens (tertiary/aromatic N) is 9. The Morgan fingerprint density at radius 2 is 0.776 bits per heavy atom. The van der Waals surface area contributed by atoms with Gasteiger partial charge in [0.15, 0.2) is 0 Å². The monoisotopic (exact) mass is 1130 g/mol. The normalized spacial score (nSPS) is 11.5. The van der Waals surface area contributed by atoms with Crippen molar-refractivity contribution in [2.75, 3.05) is 29.0 Å². The van der Waals surface area contributed by atoms with E-state index in [0.29, 0.717) is 11.5 Å². The largest absolute Gasteiger partial charge is 0.480 e. The molecule has 4 aromatic carbocycles. The number of carboxylic acid groups (broad SMARTS) is 1. The van der Waals surface area contributed by atoms with E-state index in [-0.39, 0.29) is 24.9 Å². The highest BCUT2D eigenvalue weighted by Gasteiger charge is 2.21.